The summed E-state index contributed by atoms with van der Waals surface area (Å²) >= 11 is 0.898. The van der Waals surface area contributed by atoms with Crippen LogP contribution in [0.4, 0.5) is 13.2 Å². The fraction of sp³-hybridized carbons (Fsp3) is 0.333. The smallest absolute Gasteiger partial charge is 0.276 e. The normalized spacial score (nSPS) is 20.0. The molecule has 0 saturated carbocycles. The Hall–Kier alpha value is -3.25. The molecule has 1 aromatic carbocycles. The van der Waals surface area contributed by atoms with Crippen LogP contribution in [0.5, 0.6) is 5.75 Å². The summed E-state index contributed by atoms with van der Waals surface area (Å²) in [5, 5.41) is 18.7. The highest BCUT2D eigenvalue weighted by molar-refractivity contribution is 7.14. The van der Waals surface area contributed by atoms with Gasteiger partial charge in [-0.25, -0.2) is 13.2 Å². The Balaban J connectivity index is 1.53. The Bertz CT molecular complexity index is 1330. The number of amides is 1. The summed E-state index contributed by atoms with van der Waals surface area (Å²) in [6, 6.07) is 1.14. The Kier molecular flexibility index (Phi) is 5.01. The Labute approximate surface area is 188 Å². The van der Waals surface area contributed by atoms with Crippen molar-refractivity contribution in [3.8, 4) is 16.3 Å². The first-order chi connectivity index (χ1) is 15.7. The van der Waals surface area contributed by atoms with Gasteiger partial charge in [-0.05, 0) is 13.3 Å². The van der Waals surface area contributed by atoms with Crippen LogP contribution in [0.15, 0.2) is 23.1 Å². The molecule has 2 aliphatic rings. The molecule has 0 spiro atoms. The van der Waals surface area contributed by atoms with E-state index in [1.165, 1.54) is 15.7 Å². The Morgan fingerprint density at radius 2 is 1.94 bits per heavy atom. The van der Waals surface area contributed by atoms with Crippen LogP contribution >= 0.6 is 11.3 Å². The van der Waals surface area contributed by atoms with Crippen molar-refractivity contribution in [2.24, 2.45) is 0 Å². The van der Waals surface area contributed by atoms with Crippen LogP contribution in [0.3, 0.4) is 0 Å². The summed E-state index contributed by atoms with van der Waals surface area (Å²) in [6.45, 7) is 2.87. The molecule has 5 rings (SSSR count). The number of ether oxygens (including phenoxy) is 1. The van der Waals surface area contributed by atoms with E-state index in [1.807, 2.05) is 0 Å². The zero-order valence-corrected chi connectivity index (χ0v) is 18.1. The van der Waals surface area contributed by atoms with Crippen LogP contribution in [-0.2, 0) is 17.7 Å². The minimum atomic E-state index is -1.06. The fourth-order valence-electron chi connectivity index (χ4n) is 4.20. The topological polar surface area (TPSA) is 97.6 Å². The summed E-state index contributed by atoms with van der Waals surface area (Å²) < 4.78 is 48.4. The summed E-state index contributed by atoms with van der Waals surface area (Å²) in [5.74, 6) is -4.37. The molecule has 2 aromatic heterocycles. The van der Waals surface area contributed by atoms with E-state index in [1.54, 1.807) is 6.92 Å². The minimum absolute atomic E-state index is 0.0132. The third-order valence-corrected chi connectivity index (χ3v) is 6.77. The highest BCUT2D eigenvalue weighted by atomic mass is 32.1. The number of carbonyl (C=O) groups excluding carboxylic acids is 1. The largest absolute Gasteiger partial charge is 0.503 e. The number of aromatic nitrogens is 3. The van der Waals surface area contributed by atoms with Crippen molar-refractivity contribution in [2.45, 2.75) is 32.0 Å². The number of hydrogen-bond acceptors (Lipinski definition) is 7. The number of nitrogens with zero attached hydrogens (tertiary/aromatic N) is 4. The lowest BCUT2D eigenvalue weighted by atomic mass is 10.0. The third kappa shape index (κ3) is 3.49. The van der Waals surface area contributed by atoms with Crippen molar-refractivity contribution in [1.29, 1.82) is 0 Å². The second-order valence-electron chi connectivity index (χ2n) is 8.06. The van der Waals surface area contributed by atoms with Crippen molar-refractivity contribution in [3.63, 3.8) is 0 Å². The molecule has 172 valence electrons. The van der Waals surface area contributed by atoms with Crippen molar-refractivity contribution >= 4 is 17.2 Å². The van der Waals surface area contributed by atoms with Crippen LogP contribution in [0.2, 0.25) is 0 Å². The van der Waals surface area contributed by atoms with E-state index in [2.05, 4.69) is 10.2 Å². The second-order valence-corrected chi connectivity index (χ2v) is 9.12. The molecular weight excluding hydrogens is 461 g/mol. The van der Waals surface area contributed by atoms with Crippen molar-refractivity contribution in [1.82, 2.24) is 19.7 Å². The van der Waals surface area contributed by atoms with Crippen molar-refractivity contribution in [2.75, 3.05) is 13.2 Å². The highest BCUT2D eigenvalue weighted by Crippen LogP contribution is 2.35. The standard InChI is InChI=1S/C21H17F3N4O4S/c1-21-9-27-8-12(17(29)18(30)16(27)20(31)28(21)3-2-4-32-21)19-26-25-15(33-19)7-11-13(23)5-10(22)6-14(11)24/h5-6,8,30H,2-4,7,9H2,1H3/t21-/m0/s1. The van der Waals surface area contributed by atoms with Gasteiger partial charge in [0.25, 0.3) is 5.91 Å². The van der Waals surface area contributed by atoms with Gasteiger partial charge in [0.15, 0.2) is 22.2 Å². The van der Waals surface area contributed by atoms with E-state index in [-0.39, 0.29) is 39.8 Å². The van der Waals surface area contributed by atoms with Crippen LogP contribution < -0.4 is 5.43 Å². The maximum absolute atomic E-state index is 14.0. The van der Waals surface area contributed by atoms with Gasteiger partial charge in [-0.15, -0.1) is 10.2 Å². The summed E-state index contributed by atoms with van der Waals surface area (Å²) in [4.78, 5) is 27.3. The van der Waals surface area contributed by atoms with E-state index in [9.17, 15) is 27.9 Å². The first-order valence-corrected chi connectivity index (χ1v) is 10.9. The minimum Gasteiger partial charge on any atom is -0.503 e. The van der Waals surface area contributed by atoms with Gasteiger partial charge in [0.05, 0.1) is 18.7 Å². The van der Waals surface area contributed by atoms with E-state index in [0.717, 1.165) is 11.3 Å². The molecule has 1 atom stereocenters. The lowest BCUT2D eigenvalue weighted by Gasteiger charge is -2.48. The fourth-order valence-corrected chi connectivity index (χ4v) is 5.06. The van der Waals surface area contributed by atoms with E-state index >= 15 is 0 Å². The van der Waals surface area contributed by atoms with Gasteiger partial charge in [0.1, 0.15) is 22.5 Å². The summed E-state index contributed by atoms with van der Waals surface area (Å²) in [5.41, 5.74) is -2.26. The van der Waals surface area contributed by atoms with Crippen LogP contribution in [0.25, 0.3) is 10.6 Å². The zero-order valence-electron chi connectivity index (χ0n) is 17.3. The van der Waals surface area contributed by atoms with E-state index in [4.69, 9.17) is 4.74 Å². The van der Waals surface area contributed by atoms with Gasteiger partial charge in [-0.1, -0.05) is 11.3 Å². The molecule has 1 fully saturated rings. The Morgan fingerprint density at radius 3 is 2.67 bits per heavy atom. The predicted octanol–water partition coefficient (Wildman–Crippen LogP) is 2.67. The molecule has 0 unspecified atom stereocenters. The molecule has 1 N–H and O–H groups in total. The van der Waals surface area contributed by atoms with E-state index in [0.29, 0.717) is 31.7 Å². The van der Waals surface area contributed by atoms with Gasteiger partial charge in [0, 0.05) is 36.9 Å². The quantitative estimate of drug-likeness (QED) is 0.622. The number of carbonyl (C=O) groups is 1. The Morgan fingerprint density at radius 1 is 1.21 bits per heavy atom. The molecular formula is C21H17F3N4O4S. The van der Waals surface area contributed by atoms with E-state index < -0.39 is 40.3 Å². The number of fused-ring (bicyclic) bond motifs is 2. The van der Waals surface area contributed by atoms with Crippen LogP contribution in [0.1, 0.15) is 34.4 Å². The first-order valence-electron chi connectivity index (χ1n) is 10.1. The summed E-state index contributed by atoms with van der Waals surface area (Å²) in [6.07, 6.45) is 1.75. The molecule has 1 saturated heterocycles. The highest BCUT2D eigenvalue weighted by Gasteiger charge is 2.45. The molecule has 3 aromatic rings. The zero-order chi connectivity index (χ0) is 23.5. The van der Waals surface area contributed by atoms with Gasteiger partial charge < -0.3 is 19.3 Å². The number of halogens is 3. The van der Waals surface area contributed by atoms with Gasteiger partial charge in [0.2, 0.25) is 5.43 Å². The second kappa shape index (κ2) is 7.66. The molecule has 8 nitrogen and oxygen atoms in total. The van der Waals surface area contributed by atoms with Crippen molar-refractivity contribution in [3.05, 3.63) is 62.3 Å². The summed E-state index contributed by atoms with van der Waals surface area (Å²) in [7, 11) is 0. The number of pyridine rings is 1. The monoisotopic (exact) mass is 478 g/mol. The molecule has 2 aliphatic heterocycles. The van der Waals surface area contributed by atoms with Gasteiger partial charge in [-0.3, -0.25) is 9.59 Å². The van der Waals surface area contributed by atoms with Gasteiger partial charge in [-0.2, -0.15) is 0 Å². The first kappa shape index (κ1) is 21.6. The number of aromatic hydroxyl groups is 1. The lowest BCUT2D eigenvalue weighted by molar-refractivity contribution is -0.168. The molecule has 0 aliphatic carbocycles. The molecule has 12 heteroatoms. The molecule has 33 heavy (non-hydrogen) atoms. The molecule has 0 radical (unpaired) electrons. The maximum Gasteiger partial charge on any atom is 0.276 e. The average molecular weight is 478 g/mol. The SMILES string of the molecule is C[C@]12Cn3cc(-c4nnc(Cc5c(F)cc(F)cc5F)s4)c(=O)c(O)c3C(=O)N1CCCO2. The van der Waals surface area contributed by atoms with Crippen molar-refractivity contribution < 1.29 is 27.8 Å². The molecule has 0 bridgehead atoms. The van der Waals surface area contributed by atoms with Crippen LogP contribution in [0, 0.1) is 17.5 Å². The van der Waals surface area contributed by atoms with Crippen LogP contribution in [-0.4, -0.2) is 49.6 Å². The predicted molar refractivity (Wildman–Crippen MR) is 110 cm³/mol. The lowest BCUT2D eigenvalue weighted by Crippen LogP contribution is -2.61. The number of rotatable bonds is 3. The molecule has 4 heterocycles. The maximum atomic E-state index is 14.0. The average Bonchev–Trinajstić information content (AvgIpc) is 3.21. The third-order valence-electron chi connectivity index (χ3n) is 5.81. The molecule has 1 amide bonds. The number of hydrogen-bond donors (Lipinski definition) is 1. The number of benzene rings is 1. The van der Waals surface area contributed by atoms with Gasteiger partial charge >= 0.3 is 0 Å².